The first-order chi connectivity index (χ1) is 13.1. The minimum absolute atomic E-state index is 0.104. The van der Waals surface area contributed by atoms with Crippen LogP contribution < -0.4 is 11.3 Å². The molecule has 1 amide bonds. The van der Waals surface area contributed by atoms with Gasteiger partial charge in [0.05, 0.1) is 24.3 Å². The molecule has 0 spiro atoms. The summed E-state index contributed by atoms with van der Waals surface area (Å²) in [6, 6.07) is 0.761. The zero-order valence-corrected chi connectivity index (χ0v) is 15.4. The van der Waals surface area contributed by atoms with Gasteiger partial charge in [-0.25, -0.2) is 4.79 Å². The predicted octanol–water partition coefficient (Wildman–Crippen LogP) is 0.860. The van der Waals surface area contributed by atoms with Gasteiger partial charge in [-0.1, -0.05) is 0 Å². The molecule has 148 valence electrons. The Bertz CT molecular complexity index is 1050. The predicted molar refractivity (Wildman–Crippen MR) is 96.4 cm³/mol. The fraction of sp³-hybridized carbons (Fsp3) is 0.294. The number of Topliss-reactive ketones (excluding diaryl/α,β-unsaturated/α-hetero) is 1. The van der Waals surface area contributed by atoms with Crippen molar-refractivity contribution in [1.29, 1.82) is 0 Å². The number of primary amides is 1. The lowest BCUT2D eigenvalue weighted by Gasteiger charge is -2.08. The minimum atomic E-state index is -1.14. The summed E-state index contributed by atoms with van der Waals surface area (Å²) < 4.78 is 5.66. The third-order valence-electron chi connectivity index (χ3n) is 4.06. The number of nitro groups is 1. The topological polar surface area (TPSA) is 167 Å². The fourth-order valence-corrected chi connectivity index (χ4v) is 2.82. The molecule has 0 saturated heterocycles. The van der Waals surface area contributed by atoms with E-state index in [1.54, 1.807) is 13.8 Å². The lowest BCUT2D eigenvalue weighted by Crippen LogP contribution is -2.31. The molecule has 0 aliphatic carbocycles. The summed E-state index contributed by atoms with van der Waals surface area (Å²) >= 11 is 0. The number of carbonyl (C=O) groups is 3. The molecule has 28 heavy (non-hydrogen) atoms. The van der Waals surface area contributed by atoms with Crippen molar-refractivity contribution in [2.24, 2.45) is 5.73 Å². The highest BCUT2D eigenvalue weighted by atomic mass is 16.6. The first-order valence-corrected chi connectivity index (χ1v) is 8.16. The van der Waals surface area contributed by atoms with E-state index in [4.69, 9.17) is 10.5 Å². The van der Waals surface area contributed by atoms with Crippen LogP contribution in [0.4, 0.5) is 5.69 Å². The molecule has 0 saturated carbocycles. The maximum Gasteiger partial charge on any atom is 0.355 e. The molecule has 0 fully saturated rings. The summed E-state index contributed by atoms with van der Waals surface area (Å²) in [5.41, 5.74) is 3.96. The molecule has 2 heterocycles. The quantitative estimate of drug-likeness (QED) is 0.306. The van der Waals surface area contributed by atoms with Crippen molar-refractivity contribution < 1.29 is 24.0 Å². The second kappa shape index (κ2) is 7.86. The highest BCUT2D eigenvalue weighted by Gasteiger charge is 2.24. The average molecular weight is 390 g/mol. The number of aromatic nitrogens is 2. The number of ketones is 1. The maximum atomic E-state index is 12.7. The summed E-state index contributed by atoms with van der Waals surface area (Å²) in [5, 5.41) is 11.0. The summed E-state index contributed by atoms with van der Waals surface area (Å²) in [6.45, 7) is 4.31. The van der Waals surface area contributed by atoms with Crippen LogP contribution in [0.25, 0.3) is 0 Å². The molecule has 0 atom stereocenters. The number of rotatable bonds is 7. The Labute approximate surface area is 158 Å². The van der Waals surface area contributed by atoms with Crippen LogP contribution in [0.3, 0.4) is 0 Å². The number of amides is 1. The molecule has 3 N–H and O–H groups in total. The highest BCUT2D eigenvalue weighted by Crippen LogP contribution is 2.20. The molecule has 2 aromatic rings. The van der Waals surface area contributed by atoms with Gasteiger partial charge in [-0.2, -0.15) is 0 Å². The Morgan fingerprint density at radius 1 is 1.32 bits per heavy atom. The van der Waals surface area contributed by atoms with Crippen molar-refractivity contribution in [3.63, 3.8) is 0 Å². The lowest BCUT2D eigenvalue weighted by atomic mass is 10.1. The molecule has 0 bridgehead atoms. The Morgan fingerprint density at radius 3 is 2.50 bits per heavy atom. The Morgan fingerprint density at radius 2 is 1.96 bits per heavy atom. The van der Waals surface area contributed by atoms with E-state index in [-0.39, 0.29) is 17.9 Å². The van der Waals surface area contributed by atoms with Crippen LogP contribution in [-0.2, 0) is 11.3 Å². The van der Waals surface area contributed by atoms with Crippen molar-refractivity contribution >= 4 is 23.3 Å². The van der Waals surface area contributed by atoms with Crippen molar-refractivity contribution in [1.82, 2.24) is 9.55 Å². The zero-order chi connectivity index (χ0) is 21.2. The van der Waals surface area contributed by atoms with Crippen LogP contribution in [0.15, 0.2) is 17.1 Å². The number of nitrogens with two attached hydrogens (primary N) is 1. The first kappa shape index (κ1) is 20.6. The van der Waals surface area contributed by atoms with Crippen LogP contribution in [0, 0.1) is 24.0 Å². The van der Waals surface area contributed by atoms with Gasteiger partial charge in [0.2, 0.25) is 0 Å². The van der Waals surface area contributed by atoms with Crippen molar-refractivity contribution in [2.45, 2.75) is 27.3 Å². The average Bonchev–Trinajstić information content (AvgIpc) is 2.90. The molecule has 11 heteroatoms. The molecule has 2 rings (SSSR count). The second-order valence-electron chi connectivity index (χ2n) is 5.94. The zero-order valence-electron chi connectivity index (χ0n) is 15.4. The number of hydrogen-bond donors (Lipinski definition) is 2. The smallest absolute Gasteiger partial charge is 0.355 e. The van der Waals surface area contributed by atoms with Crippen molar-refractivity contribution in [3.05, 3.63) is 60.8 Å². The molecule has 11 nitrogen and oxygen atoms in total. The lowest BCUT2D eigenvalue weighted by molar-refractivity contribution is -0.385. The number of esters is 1. The number of pyridine rings is 1. The number of ether oxygens (including phenoxy) is 1. The number of H-pyrrole nitrogens is 1. The second-order valence-corrected chi connectivity index (χ2v) is 5.94. The Balaban J connectivity index is 2.49. The van der Waals surface area contributed by atoms with E-state index in [1.807, 2.05) is 0 Å². The molecule has 0 aliphatic heterocycles. The van der Waals surface area contributed by atoms with Gasteiger partial charge in [-0.3, -0.25) is 24.5 Å². The first-order valence-electron chi connectivity index (χ1n) is 8.16. The van der Waals surface area contributed by atoms with Crippen LogP contribution in [-0.4, -0.2) is 38.7 Å². The SMILES string of the molecule is CCOC(=O)c1[nH]c(C)c(C(=O)Cn2cc([N+](=O)[O-])cc(C(N)=O)c2=O)c1C. The van der Waals surface area contributed by atoms with E-state index >= 15 is 0 Å². The van der Waals surface area contributed by atoms with Gasteiger partial charge in [-0.15, -0.1) is 0 Å². The van der Waals surface area contributed by atoms with E-state index < -0.39 is 45.9 Å². The number of aromatic amines is 1. The summed E-state index contributed by atoms with van der Waals surface area (Å²) in [4.78, 5) is 61.4. The largest absolute Gasteiger partial charge is 0.461 e. The van der Waals surface area contributed by atoms with Crippen LogP contribution in [0.1, 0.15) is 49.4 Å². The number of nitrogens with zero attached hydrogens (tertiary/aromatic N) is 2. The number of nitrogens with one attached hydrogen (secondary N) is 1. The van der Waals surface area contributed by atoms with Gasteiger partial charge < -0.3 is 20.0 Å². The molecular weight excluding hydrogens is 372 g/mol. The normalized spacial score (nSPS) is 10.5. The van der Waals surface area contributed by atoms with E-state index in [9.17, 15) is 29.3 Å². The Hall–Kier alpha value is -3.76. The van der Waals surface area contributed by atoms with Crippen molar-refractivity contribution in [3.8, 4) is 0 Å². The van der Waals surface area contributed by atoms with Gasteiger partial charge in [0.1, 0.15) is 11.3 Å². The maximum absolute atomic E-state index is 12.7. The molecule has 0 aliphatic rings. The molecule has 2 aromatic heterocycles. The number of carbonyl (C=O) groups excluding carboxylic acids is 3. The summed E-state index contributed by atoms with van der Waals surface area (Å²) in [7, 11) is 0. The van der Waals surface area contributed by atoms with E-state index in [0.29, 0.717) is 11.3 Å². The molecule has 0 aromatic carbocycles. The van der Waals surface area contributed by atoms with Gasteiger partial charge >= 0.3 is 5.97 Å². The van der Waals surface area contributed by atoms with Crippen LogP contribution in [0.2, 0.25) is 0 Å². The van der Waals surface area contributed by atoms with Crippen LogP contribution in [0.5, 0.6) is 0 Å². The van der Waals surface area contributed by atoms with Crippen LogP contribution >= 0.6 is 0 Å². The summed E-state index contributed by atoms with van der Waals surface area (Å²) in [5.74, 6) is -2.36. The highest BCUT2D eigenvalue weighted by molar-refractivity contribution is 6.02. The van der Waals surface area contributed by atoms with Gasteiger partial charge in [0.25, 0.3) is 17.2 Å². The van der Waals surface area contributed by atoms with Gasteiger partial charge in [-0.05, 0) is 26.3 Å². The number of hydrogen-bond acceptors (Lipinski definition) is 7. The van der Waals surface area contributed by atoms with E-state index in [1.165, 1.54) is 6.92 Å². The molecular formula is C17H18N4O7. The third-order valence-corrected chi connectivity index (χ3v) is 4.06. The number of aryl methyl sites for hydroxylation is 1. The Kier molecular flexibility index (Phi) is 5.77. The molecule has 0 unspecified atom stereocenters. The van der Waals surface area contributed by atoms with Crippen molar-refractivity contribution in [2.75, 3.05) is 6.61 Å². The monoisotopic (exact) mass is 390 g/mol. The third kappa shape index (κ3) is 3.82. The standard InChI is InChI=1S/C17H18N4O7/c1-4-28-17(25)14-8(2)13(9(3)19-14)12(22)7-20-6-10(21(26)27)5-11(15(18)23)16(20)24/h5-6,19H,4,7H2,1-3H3,(H2,18,23). The fourth-order valence-electron chi connectivity index (χ4n) is 2.82. The van der Waals surface area contributed by atoms with Gasteiger partial charge in [0.15, 0.2) is 5.78 Å². The van der Waals surface area contributed by atoms with E-state index in [2.05, 4.69) is 4.98 Å². The minimum Gasteiger partial charge on any atom is -0.461 e. The summed E-state index contributed by atoms with van der Waals surface area (Å²) in [6.07, 6.45) is 0.857. The molecule has 0 radical (unpaired) electrons. The van der Waals surface area contributed by atoms with Gasteiger partial charge in [0, 0.05) is 17.3 Å². The van der Waals surface area contributed by atoms with E-state index in [0.717, 1.165) is 16.8 Å².